The first-order valence-electron chi connectivity index (χ1n) is 7.88. The molecular formula is C18H20N4O3. The van der Waals surface area contributed by atoms with Crippen LogP contribution in [0.3, 0.4) is 0 Å². The van der Waals surface area contributed by atoms with Crippen LogP contribution in [0.4, 0.5) is 16.5 Å². The number of carbonyl (C=O) groups excluding carboxylic acids is 1. The Kier molecular flexibility index (Phi) is 4.85. The van der Waals surface area contributed by atoms with Gasteiger partial charge in [0, 0.05) is 25.8 Å². The summed E-state index contributed by atoms with van der Waals surface area (Å²) in [4.78, 5) is 18.3. The summed E-state index contributed by atoms with van der Waals surface area (Å²) in [6.45, 7) is -0.190. The lowest BCUT2D eigenvalue weighted by Gasteiger charge is -2.17. The highest BCUT2D eigenvalue weighted by Gasteiger charge is 2.14. The van der Waals surface area contributed by atoms with Crippen molar-refractivity contribution >= 4 is 28.8 Å². The van der Waals surface area contributed by atoms with E-state index in [0.29, 0.717) is 22.8 Å². The summed E-state index contributed by atoms with van der Waals surface area (Å²) in [6, 6.07) is 14.2. The summed E-state index contributed by atoms with van der Waals surface area (Å²) < 4.78 is 5.63. The minimum atomic E-state index is -0.476. The Morgan fingerprint density at radius 2 is 2.00 bits per heavy atom. The third-order valence-corrected chi connectivity index (χ3v) is 3.71. The number of amides is 2. The average Bonchev–Trinajstić information content (AvgIpc) is 3.04. The molecule has 2 aromatic carbocycles. The molecule has 0 saturated heterocycles. The number of aliphatic hydroxyl groups is 1. The number of benzene rings is 2. The summed E-state index contributed by atoms with van der Waals surface area (Å²) in [5.41, 5.74) is 2.72. The number of hydrogen-bond acceptors (Lipinski definition) is 5. The molecule has 0 aliphatic heterocycles. The van der Waals surface area contributed by atoms with Crippen molar-refractivity contribution in [3.8, 4) is 0 Å². The molecule has 3 aromatic rings. The van der Waals surface area contributed by atoms with Crippen LogP contribution in [0.1, 0.15) is 11.6 Å². The molecule has 130 valence electrons. The molecule has 0 unspecified atom stereocenters. The SMILES string of the molecule is CN(C)c1nc2ccc(NC(=O)N[C@H](CO)c3ccccc3)cc2o1. The molecule has 1 atom stereocenters. The maximum atomic E-state index is 12.2. The molecular weight excluding hydrogens is 320 g/mol. The number of fused-ring (bicyclic) bond motifs is 1. The number of oxazole rings is 1. The van der Waals surface area contributed by atoms with E-state index in [9.17, 15) is 9.90 Å². The molecule has 0 bridgehead atoms. The molecule has 0 saturated carbocycles. The van der Waals surface area contributed by atoms with Gasteiger partial charge < -0.3 is 25.1 Å². The average molecular weight is 340 g/mol. The smallest absolute Gasteiger partial charge is 0.319 e. The van der Waals surface area contributed by atoms with Gasteiger partial charge in [-0.25, -0.2) is 4.79 Å². The van der Waals surface area contributed by atoms with E-state index in [0.717, 1.165) is 5.56 Å². The molecule has 0 aliphatic carbocycles. The lowest BCUT2D eigenvalue weighted by molar-refractivity contribution is 0.225. The van der Waals surface area contributed by atoms with E-state index in [1.54, 1.807) is 23.1 Å². The Morgan fingerprint density at radius 1 is 1.24 bits per heavy atom. The number of rotatable bonds is 5. The van der Waals surface area contributed by atoms with E-state index in [1.165, 1.54) is 0 Å². The van der Waals surface area contributed by atoms with Gasteiger partial charge in [-0.1, -0.05) is 30.3 Å². The summed E-state index contributed by atoms with van der Waals surface area (Å²) in [5, 5.41) is 15.0. The Morgan fingerprint density at radius 3 is 2.68 bits per heavy atom. The number of urea groups is 1. The maximum absolute atomic E-state index is 12.2. The zero-order valence-corrected chi connectivity index (χ0v) is 14.1. The van der Waals surface area contributed by atoms with Crippen molar-refractivity contribution < 1.29 is 14.3 Å². The number of aromatic nitrogens is 1. The van der Waals surface area contributed by atoms with Crippen LogP contribution < -0.4 is 15.5 Å². The number of aliphatic hydroxyl groups excluding tert-OH is 1. The Labute approximate surface area is 145 Å². The van der Waals surface area contributed by atoms with Crippen LogP contribution in [0.15, 0.2) is 52.9 Å². The predicted molar refractivity (Wildman–Crippen MR) is 96.8 cm³/mol. The lowest BCUT2D eigenvalue weighted by atomic mass is 10.1. The molecule has 3 rings (SSSR count). The van der Waals surface area contributed by atoms with Gasteiger partial charge in [0.05, 0.1) is 12.6 Å². The predicted octanol–water partition coefficient (Wildman–Crippen LogP) is 2.75. The van der Waals surface area contributed by atoms with Crippen LogP contribution in [-0.2, 0) is 0 Å². The van der Waals surface area contributed by atoms with Crippen LogP contribution in [0.2, 0.25) is 0 Å². The Hall–Kier alpha value is -3.06. The van der Waals surface area contributed by atoms with Crippen molar-refractivity contribution in [1.29, 1.82) is 0 Å². The van der Waals surface area contributed by atoms with Crippen molar-refractivity contribution in [2.75, 3.05) is 30.9 Å². The van der Waals surface area contributed by atoms with Crippen LogP contribution in [-0.4, -0.2) is 36.8 Å². The summed E-state index contributed by atoms with van der Waals surface area (Å²) in [7, 11) is 3.69. The van der Waals surface area contributed by atoms with Crippen LogP contribution >= 0.6 is 0 Å². The monoisotopic (exact) mass is 340 g/mol. The number of carbonyl (C=O) groups is 1. The third-order valence-electron chi connectivity index (χ3n) is 3.71. The first kappa shape index (κ1) is 16.8. The van der Waals surface area contributed by atoms with E-state index >= 15 is 0 Å². The molecule has 3 N–H and O–H groups in total. The Balaban J connectivity index is 1.70. The zero-order chi connectivity index (χ0) is 17.8. The summed E-state index contributed by atoms with van der Waals surface area (Å²) in [6.07, 6.45) is 0. The fourth-order valence-corrected chi connectivity index (χ4v) is 2.43. The second kappa shape index (κ2) is 7.23. The maximum Gasteiger partial charge on any atom is 0.319 e. The largest absolute Gasteiger partial charge is 0.423 e. The van der Waals surface area contributed by atoms with Gasteiger partial charge in [0.15, 0.2) is 5.58 Å². The fourth-order valence-electron chi connectivity index (χ4n) is 2.43. The van der Waals surface area contributed by atoms with Gasteiger partial charge in [0.2, 0.25) is 0 Å². The normalized spacial score (nSPS) is 12.0. The molecule has 1 aromatic heterocycles. The highest BCUT2D eigenvalue weighted by molar-refractivity contribution is 5.92. The number of nitrogens with zero attached hydrogens (tertiary/aromatic N) is 2. The van der Waals surface area contributed by atoms with Gasteiger partial charge >= 0.3 is 6.03 Å². The molecule has 0 aliphatic rings. The second-order valence-corrected chi connectivity index (χ2v) is 5.82. The highest BCUT2D eigenvalue weighted by Crippen LogP contribution is 2.23. The van der Waals surface area contributed by atoms with E-state index in [1.807, 2.05) is 44.4 Å². The van der Waals surface area contributed by atoms with Gasteiger partial charge in [-0.05, 0) is 17.7 Å². The number of nitrogens with one attached hydrogen (secondary N) is 2. The van der Waals surface area contributed by atoms with E-state index in [2.05, 4.69) is 15.6 Å². The van der Waals surface area contributed by atoms with Gasteiger partial charge in [-0.3, -0.25) is 0 Å². The molecule has 7 heteroatoms. The first-order valence-corrected chi connectivity index (χ1v) is 7.88. The fraction of sp³-hybridized carbons (Fsp3) is 0.222. The van der Waals surface area contributed by atoms with Gasteiger partial charge in [0.1, 0.15) is 5.52 Å². The van der Waals surface area contributed by atoms with Crippen molar-refractivity contribution in [3.05, 3.63) is 54.1 Å². The minimum absolute atomic E-state index is 0.190. The van der Waals surface area contributed by atoms with E-state index in [-0.39, 0.29) is 6.61 Å². The summed E-state index contributed by atoms with van der Waals surface area (Å²) >= 11 is 0. The van der Waals surface area contributed by atoms with E-state index in [4.69, 9.17) is 4.42 Å². The Bertz CT molecular complexity index is 861. The van der Waals surface area contributed by atoms with Gasteiger partial charge in [0.25, 0.3) is 6.01 Å². The first-order chi connectivity index (χ1) is 12.1. The molecule has 1 heterocycles. The summed E-state index contributed by atoms with van der Waals surface area (Å²) in [5.74, 6) is 0. The number of anilines is 2. The standard InChI is InChI=1S/C18H20N4O3/c1-22(2)18-21-14-9-8-13(10-16(14)25-18)19-17(24)20-15(11-23)12-6-4-3-5-7-12/h3-10,15,23H,11H2,1-2H3,(H2,19,20,24)/t15-/m1/s1. The highest BCUT2D eigenvalue weighted by atomic mass is 16.4. The van der Waals surface area contributed by atoms with Crippen molar-refractivity contribution in [2.24, 2.45) is 0 Å². The van der Waals surface area contributed by atoms with E-state index < -0.39 is 12.1 Å². The molecule has 7 nitrogen and oxygen atoms in total. The number of hydrogen-bond donors (Lipinski definition) is 3. The van der Waals surface area contributed by atoms with Crippen molar-refractivity contribution in [2.45, 2.75) is 6.04 Å². The molecule has 2 amide bonds. The van der Waals surface area contributed by atoms with Crippen LogP contribution in [0.25, 0.3) is 11.1 Å². The molecule has 0 radical (unpaired) electrons. The zero-order valence-electron chi connectivity index (χ0n) is 14.1. The topological polar surface area (TPSA) is 90.6 Å². The molecule has 0 fully saturated rings. The van der Waals surface area contributed by atoms with Gasteiger partial charge in [-0.2, -0.15) is 4.98 Å². The third kappa shape index (κ3) is 3.89. The van der Waals surface area contributed by atoms with Crippen LogP contribution in [0, 0.1) is 0 Å². The molecule has 25 heavy (non-hydrogen) atoms. The van der Waals surface area contributed by atoms with Crippen molar-refractivity contribution in [3.63, 3.8) is 0 Å². The van der Waals surface area contributed by atoms with Crippen LogP contribution in [0.5, 0.6) is 0 Å². The lowest BCUT2D eigenvalue weighted by Crippen LogP contribution is -2.34. The quantitative estimate of drug-likeness (QED) is 0.664. The van der Waals surface area contributed by atoms with Gasteiger partial charge in [-0.15, -0.1) is 0 Å². The van der Waals surface area contributed by atoms with Crippen molar-refractivity contribution in [1.82, 2.24) is 10.3 Å². The minimum Gasteiger partial charge on any atom is -0.423 e. The second-order valence-electron chi connectivity index (χ2n) is 5.82. The molecule has 0 spiro atoms.